The van der Waals surface area contributed by atoms with Gasteiger partial charge in [0, 0.05) is 30.4 Å². The summed E-state index contributed by atoms with van der Waals surface area (Å²) in [5.41, 5.74) is 2.43. The first kappa shape index (κ1) is 15.4. The second-order valence-electron chi connectivity index (χ2n) is 6.15. The fraction of sp³-hybridized carbons (Fsp3) is 0.294. The van der Waals surface area contributed by atoms with Crippen molar-refractivity contribution in [2.24, 2.45) is 7.05 Å². The van der Waals surface area contributed by atoms with E-state index in [4.69, 9.17) is 4.74 Å². The summed E-state index contributed by atoms with van der Waals surface area (Å²) in [6.45, 7) is 4.27. The SMILES string of the molecule is Cc1cc(Nc2ncc3ccc(N4C(=O)OC[C@@H]4C)cc3n2)n(C)n1. The Balaban J connectivity index is 1.69. The van der Waals surface area contributed by atoms with Crippen molar-refractivity contribution in [3.8, 4) is 0 Å². The summed E-state index contributed by atoms with van der Waals surface area (Å²) in [5.74, 6) is 1.29. The van der Waals surface area contributed by atoms with Crippen molar-refractivity contribution in [2.75, 3.05) is 16.8 Å². The number of fused-ring (bicyclic) bond motifs is 1. The Morgan fingerprint density at radius 2 is 2.16 bits per heavy atom. The number of rotatable bonds is 3. The van der Waals surface area contributed by atoms with Gasteiger partial charge in [-0.2, -0.15) is 5.10 Å². The van der Waals surface area contributed by atoms with Crippen molar-refractivity contribution < 1.29 is 9.53 Å². The minimum absolute atomic E-state index is 0.00167. The van der Waals surface area contributed by atoms with Gasteiger partial charge >= 0.3 is 6.09 Å². The van der Waals surface area contributed by atoms with Crippen molar-refractivity contribution in [1.29, 1.82) is 0 Å². The van der Waals surface area contributed by atoms with Crippen LogP contribution in [0.15, 0.2) is 30.5 Å². The van der Waals surface area contributed by atoms with E-state index < -0.39 is 0 Å². The van der Waals surface area contributed by atoms with Crippen LogP contribution in [0.3, 0.4) is 0 Å². The van der Waals surface area contributed by atoms with E-state index in [0.29, 0.717) is 12.6 Å². The van der Waals surface area contributed by atoms with Crippen molar-refractivity contribution in [2.45, 2.75) is 19.9 Å². The molecule has 1 N–H and O–H groups in total. The van der Waals surface area contributed by atoms with Gasteiger partial charge in [0.15, 0.2) is 0 Å². The molecule has 128 valence electrons. The summed E-state index contributed by atoms with van der Waals surface area (Å²) in [5, 5.41) is 8.36. The summed E-state index contributed by atoms with van der Waals surface area (Å²) in [4.78, 5) is 22.5. The molecule has 0 spiro atoms. The Labute approximate surface area is 144 Å². The molecule has 25 heavy (non-hydrogen) atoms. The average molecular weight is 338 g/mol. The predicted molar refractivity (Wildman–Crippen MR) is 94.1 cm³/mol. The molecule has 0 aliphatic carbocycles. The summed E-state index contributed by atoms with van der Waals surface area (Å²) >= 11 is 0. The van der Waals surface area contributed by atoms with Gasteiger partial charge in [0.1, 0.15) is 12.4 Å². The maximum atomic E-state index is 11.9. The standard InChI is InChI=1S/C17H18N6O2/c1-10-6-15(22(3)21-10)20-16-18-8-12-4-5-13(7-14(12)19-16)23-11(2)9-25-17(23)24/h4-8,11H,9H2,1-3H3,(H,18,19,20)/t11-/m0/s1. The molecule has 2 aromatic heterocycles. The second-order valence-corrected chi connectivity index (χ2v) is 6.15. The number of carbonyl (C=O) groups excluding carboxylic acids is 1. The molecule has 1 amide bonds. The van der Waals surface area contributed by atoms with E-state index in [9.17, 15) is 4.79 Å². The predicted octanol–water partition coefficient (Wildman–Crippen LogP) is 2.76. The van der Waals surface area contributed by atoms with Crippen molar-refractivity contribution in [3.63, 3.8) is 0 Å². The van der Waals surface area contributed by atoms with Gasteiger partial charge in [-0.05, 0) is 32.0 Å². The third-order valence-electron chi connectivity index (χ3n) is 4.17. The lowest BCUT2D eigenvalue weighted by Gasteiger charge is -2.18. The quantitative estimate of drug-likeness (QED) is 0.790. The molecule has 1 atom stereocenters. The molecule has 0 saturated carbocycles. The third-order valence-corrected chi connectivity index (χ3v) is 4.17. The van der Waals surface area contributed by atoms with Crippen LogP contribution < -0.4 is 10.2 Å². The lowest BCUT2D eigenvalue weighted by molar-refractivity contribution is 0.179. The van der Waals surface area contributed by atoms with Crippen LogP contribution in [0.4, 0.5) is 22.2 Å². The van der Waals surface area contributed by atoms with Crippen LogP contribution in [0.1, 0.15) is 12.6 Å². The molecule has 8 heteroatoms. The lowest BCUT2D eigenvalue weighted by Crippen LogP contribution is -2.30. The molecule has 1 aliphatic heterocycles. The highest BCUT2D eigenvalue weighted by atomic mass is 16.6. The zero-order chi connectivity index (χ0) is 17.6. The van der Waals surface area contributed by atoms with Crippen molar-refractivity contribution in [1.82, 2.24) is 19.7 Å². The fourth-order valence-electron chi connectivity index (χ4n) is 2.94. The number of aryl methyl sites for hydroxylation is 2. The van der Waals surface area contributed by atoms with Gasteiger partial charge in [0.2, 0.25) is 5.95 Å². The Bertz CT molecular complexity index is 967. The van der Waals surface area contributed by atoms with E-state index in [1.54, 1.807) is 15.8 Å². The molecule has 0 unspecified atom stereocenters. The summed E-state index contributed by atoms with van der Waals surface area (Å²) in [6, 6.07) is 7.58. The molecule has 0 bridgehead atoms. The Morgan fingerprint density at radius 3 is 2.84 bits per heavy atom. The number of hydrogen-bond acceptors (Lipinski definition) is 6. The minimum atomic E-state index is -0.329. The summed E-state index contributed by atoms with van der Waals surface area (Å²) in [7, 11) is 1.86. The number of nitrogens with one attached hydrogen (secondary N) is 1. The van der Waals surface area contributed by atoms with E-state index in [2.05, 4.69) is 20.4 Å². The Morgan fingerprint density at radius 1 is 1.32 bits per heavy atom. The number of cyclic esters (lactones) is 1. The molecule has 1 aliphatic rings. The normalized spacial score (nSPS) is 17.2. The molecule has 3 heterocycles. The van der Waals surface area contributed by atoms with E-state index in [1.807, 2.05) is 45.2 Å². The van der Waals surface area contributed by atoms with Crippen LogP contribution in [0.2, 0.25) is 0 Å². The fourth-order valence-corrected chi connectivity index (χ4v) is 2.94. The smallest absolute Gasteiger partial charge is 0.414 e. The Kier molecular flexibility index (Phi) is 3.52. The first-order valence-electron chi connectivity index (χ1n) is 8.02. The van der Waals surface area contributed by atoms with Gasteiger partial charge < -0.3 is 10.1 Å². The zero-order valence-electron chi connectivity index (χ0n) is 14.2. The first-order valence-corrected chi connectivity index (χ1v) is 8.02. The monoisotopic (exact) mass is 338 g/mol. The van der Waals surface area contributed by atoms with Crippen LogP contribution >= 0.6 is 0 Å². The molecule has 3 aromatic rings. The van der Waals surface area contributed by atoms with Gasteiger partial charge in [0.25, 0.3) is 0 Å². The number of benzene rings is 1. The second kappa shape index (κ2) is 5.73. The lowest BCUT2D eigenvalue weighted by atomic mass is 10.2. The number of anilines is 3. The highest BCUT2D eigenvalue weighted by molar-refractivity contribution is 5.93. The number of nitrogens with zero attached hydrogens (tertiary/aromatic N) is 5. The molecule has 4 rings (SSSR count). The molecule has 1 aromatic carbocycles. The number of amides is 1. The third kappa shape index (κ3) is 2.75. The average Bonchev–Trinajstić information content (AvgIpc) is 3.08. The van der Waals surface area contributed by atoms with Crippen molar-refractivity contribution >= 4 is 34.4 Å². The zero-order valence-corrected chi connectivity index (χ0v) is 14.2. The van der Waals surface area contributed by atoms with Gasteiger partial charge in [-0.3, -0.25) is 9.58 Å². The molecule has 8 nitrogen and oxygen atoms in total. The van der Waals surface area contributed by atoms with E-state index in [1.165, 1.54) is 0 Å². The number of ether oxygens (including phenoxy) is 1. The highest BCUT2D eigenvalue weighted by Crippen LogP contribution is 2.26. The van der Waals surface area contributed by atoms with Crippen molar-refractivity contribution in [3.05, 3.63) is 36.2 Å². The van der Waals surface area contributed by atoms with E-state index in [0.717, 1.165) is 28.1 Å². The van der Waals surface area contributed by atoms with E-state index >= 15 is 0 Å². The van der Waals surface area contributed by atoms with Crippen LogP contribution in [-0.2, 0) is 11.8 Å². The van der Waals surface area contributed by atoms with E-state index in [-0.39, 0.29) is 12.1 Å². The Hall–Kier alpha value is -3.16. The van der Waals surface area contributed by atoms with Gasteiger partial charge in [-0.25, -0.2) is 14.8 Å². The molecule has 0 radical (unpaired) electrons. The largest absolute Gasteiger partial charge is 0.447 e. The molecule has 1 fully saturated rings. The minimum Gasteiger partial charge on any atom is -0.447 e. The molecular weight excluding hydrogens is 320 g/mol. The van der Waals surface area contributed by atoms with Gasteiger partial charge in [-0.15, -0.1) is 0 Å². The topological polar surface area (TPSA) is 85.2 Å². The van der Waals surface area contributed by atoms with Crippen LogP contribution in [-0.4, -0.2) is 38.5 Å². The molecule has 1 saturated heterocycles. The van der Waals surface area contributed by atoms with Crippen LogP contribution in [0, 0.1) is 6.92 Å². The van der Waals surface area contributed by atoms with Gasteiger partial charge in [-0.1, -0.05) is 0 Å². The number of carbonyl (C=O) groups is 1. The first-order chi connectivity index (χ1) is 12.0. The molecular formula is C17H18N6O2. The summed E-state index contributed by atoms with van der Waals surface area (Å²) in [6.07, 6.45) is 1.42. The maximum Gasteiger partial charge on any atom is 0.414 e. The number of hydrogen-bond donors (Lipinski definition) is 1. The summed E-state index contributed by atoms with van der Waals surface area (Å²) < 4.78 is 6.83. The van der Waals surface area contributed by atoms with Crippen LogP contribution in [0.25, 0.3) is 10.9 Å². The van der Waals surface area contributed by atoms with Gasteiger partial charge in [0.05, 0.1) is 17.3 Å². The van der Waals surface area contributed by atoms with Crippen LogP contribution in [0.5, 0.6) is 0 Å². The highest BCUT2D eigenvalue weighted by Gasteiger charge is 2.30. The maximum absolute atomic E-state index is 11.9. The number of aromatic nitrogens is 4.